The van der Waals surface area contributed by atoms with Crippen molar-refractivity contribution in [2.75, 3.05) is 7.11 Å². The second-order valence-electron chi connectivity index (χ2n) is 6.69. The normalized spacial score (nSPS) is 18.6. The van der Waals surface area contributed by atoms with E-state index in [0.717, 1.165) is 11.1 Å². The number of rotatable bonds is 5. The maximum absolute atomic E-state index is 13.4. The molecule has 0 bridgehead atoms. The van der Waals surface area contributed by atoms with Crippen LogP contribution in [0.2, 0.25) is 0 Å². The van der Waals surface area contributed by atoms with Crippen LogP contribution in [-0.4, -0.2) is 29.0 Å². The standard InChI is InChI=1S/C22H19NO4S/c1-27-16-6-4-5-14(11-16)12-23-20(15-9-10-28-13-15)19(22(25)26)17-7-2-3-8-18(17)21(23)24/h2-11,13,19-20H,12H2,1H3,(H,25,26). The Kier molecular flexibility index (Phi) is 4.88. The second-order valence-corrected chi connectivity index (χ2v) is 7.47. The zero-order chi connectivity index (χ0) is 19.7. The molecule has 2 aromatic carbocycles. The number of hydrogen-bond acceptors (Lipinski definition) is 4. The van der Waals surface area contributed by atoms with E-state index in [9.17, 15) is 14.7 Å². The number of carboxylic acids is 1. The predicted octanol–water partition coefficient (Wildman–Crippen LogP) is 4.32. The number of fused-ring (bicyclic) bond motifs is 1. The number of ether oxygens (including phenoxy) is 1. The minimum absolute atomic E-state index is 0.160. The summed E-state index contributed by atoms with van der Waals surface area (Å²) in [5, 5.41) is 13.9. The topological polar surface area (TPSA) is 66.8 Å². The van der Waals surface area contributed by atoms with E-state index in [0.29, 0.717) is 23.4 Å². The third kappa shape index (κ3) is 3.16. The molecule has 142 valence electrons. The molecule has 1 N–H and O–H groups in total. The zero-order valence-electron chi connectivity index (χ0n) is 15.2. The summed E-state index contributed by atoms with van der Waals surface area (Å²) in [6, 6.07) is 15.8. The molecule has 28 heavy (non-hydrogen) atoms. The van der Waals surface area contributed by atoms with E-state index in [2.05, 4.69) is 0 Å². The molecule has 2 atom stereocenters. The molecular weight excluding hydrogens is 374 g/mol. The van der Waals surface area contributed by atoms with Gasteiger partial charge in [0.2, 0.25) is 0 Å². The highest BCUT2D eigenvalue weighted by atomic mass is 32.1. The predicted molar refractivity (Wildman–Crippen MR) is 107 cm³/mol. The summed E-state index contributed by atoms with van der Waals surface area (Å²) in [5.41, 5.74) is 2.74. The number of carboxylic acid groups (broad SMARTS) is 1. The quantitative estimate of drug-likeness (QED) is 0.701. The molecule has 2 heterocycles. The van der Waals surface area contributed by atoms with Gasteiger partial charge in [-0.25, -0.2) is 0 Å². The first-order valence-corrected chi connectivity index (χ1v) is 9.82. The lowest BCUT2D eigenvalue weighted by molar-refractivity contribution is -0.140. The van der Waals surface area contributed by atoms with Gasteiger partial charge in [-0.15, -0.1) is 0 Å². The summed E-state index contributed by atoms with van der Waals surface area (Å²) in [6.07, 6.45) is 0. The largest absolute Gasteiger partial charge is 0.497 e. The molecule has 6 heteroatoms. The smallest absolute Gasteiger partial charge is 0.313 e. The van der Waals surface area contributed by atoms with Crippen LogP contribution in [0.5, 0.6) is 5.75 Å². The maximum atomic E-state index is 13.4. The molecule has 0 aliphatic carbocycles. The Hall–Kier alpha value is -3.12. The van der Waals surface area contributed by atoms with Crippen molar-refractivity contribution in [3.63, 3.8) is 0 Å². The van der Waals surface area contributed by atoms with Crippen molar-refractivity contribution >= 4 is 23.2 Å². The van der Waals surface area contributed by atoms with Gasteiger partial charge in [-0.3, -0.25) is 9.59 Å². The van der Waals surface area contributed by atoms with E-state index in [1.165, 1.54) is 11.3 Å². The maximum Gasteiger partial charge on any atom is 0.313 e. The summed E-state index contributed by atoms with van der Waals surface area (Å²) in [4.78, 5) is 27.3. The molecule has 0 fully saturated rings. The van der Waals surface area contributed by atoms with Gasteiger partial charge in [-0.2, -0.15) is 11.3 Å². The van der Waals surface area contributed by atoms with Gasteiger partial charge in [0, 0.05) is 12.1 Å². The van der Waals surface area contributed by atoms with Crippen LogP contribution < -0.4 is 4.74 Å². The number of carbonyl (C=O) groups is 2. The van der Waals surface area contributed by atoms with Gasteiger partial charge < -0.3 is 14.7 Å². The lowest BCUT2D eigenvalue weighted by Gasteiger charge is -2.40. The molecule has 0 saturated heterocycles. The van der Waals surface area contributed by atoms with Crippen LogP contribution in [0, 0.1) is 0 Å². The lowest BCUT2D eigenvalue weighted by Crippen LogP contribution is -2.44. The first-order chi connectivity index (χ1) is 13.6. The fourth-order valence-corrected chi connectivity index (χ4v) is 4.50. The number of hydrogen-bond donors (Lipinski definition) is 1. The number of thiophene rings is 1. The van der Waals surface area contributed by atoms with Crippen LogP contribution in [0.1, 0.15) is 39.0 Å². The van der Waals surface area contributed by atoms with E-state index >= 15 is 0 Å². The highest BCUT2D eigenvalue weighted by Crippen LogP contribution is 2.44. The molecule has 0 spiro atoms. The number of methoxy groups -OCH3 is 1. The van der Waals surface area contributed by atoms with Crippen LogP contribution in [-0.2, 0) is 11.3 Å². The van der Waals surface area contributed by atoms with Crippen molar-refractivity contribution in [1.29, 1.82) is 0 Å². The van der Waals surface area contributed by atoms with Crippen LogP contribution in [0.15, 0.2) is 65.4 Å². The number of aliphatic carboxylic acids is 1. The third-order valence-corrected chi connectivity index (χ3v) is 5.78. The number of amides is 1. The molecule has 3 aromatic rings. The molecule has 2 unspecified atom stereocenters. The number of benzene rings is 2. The molecule has 1 amide bonds. The van der Waals surface area contributed by atoms with E-state index in [-0.39, 0.29) is 5.91 Å². The molecular formula is C22H19NO4S. The van der Waals surface area contributed by atoms with E-state index in [1.54, 1.807) is 36.3 Å². The summed E-state index contributed by atoms with van der Waals surface area (Å²) in [6.45, 7) is 0.300. The van der Waals surface area contributed by atoms with Crippen molar-refractivity contribution in [2.24, 2.45) is 0 Å². The Bertz CT molecular complexity index is 1010. The number of carbonyl (C=O) groups excluding carboxylic acids is 1. The summed E-state index contributed by atoms with van der Waals surface area (Å²) >= 11 is 1.49. The van der Waals surface area contributed by atoms with Gasteiger partial charge in [-0.05, 0) is 51.7 Å². The third-order valence-electron chi connectivity index (χ3n) is 5.08. The summed E-state index contributed by atoms with van der Waals surface area (Å²) in [5.74, 6) is -1.22. The fraction of sp³-hybridized carbons (Fsp3) is 0.182. The number of nitrogens with zero attached hydrogens (tertiary/aromatic N) is 1. The van der Waals surface area contributed by atoms with Crippen LogP contribution in [0.25, 0.3) is 0 Å². The average molecular weight is 393 g/mol. The van der Waals surface area contributed by atoms with Gasteiger partial charge in [0.25, 0.3) is 5.91 Å². The van der Waals surface area contributed by atoms with Gasteiger partial charge in [0.1, 0.15) is 11.7 Å². The van der Waals surface area contributed by atoms with Gasteiger partial charge in [0.05, 0.1) is 13.2 Å². The minimum Gasteiger partial charge on any atom is -0.497 e. The molecule has 1 aromatic heterocycles. The molecule has 1 aliphatic rings. The summed E-state index contributed by atoms with van der Waals surface area (Å²) < 4.78 is 5.29. The SMILES string of the molecule is COc1cccc(CN2C(=O)c3ccccc3C(C(=O)O)C2c2ccsc2)c1. The van der Waals surface area contributed by atoms with E-state index in [4.69, 9.17) is 4.74 Å². The molecule has 0 saturated carbocycles. The van der Waals surface area contributed by atoms with Gasteiger partial charge in [0.15, 0.2) is 0 Å². The Labute approximate surface area is 166 Å². The zero-order valence-corrected chi connectivity index (χ0v) is 16.1. The second kappa shape index (κ2) is 7.48. The fourth-order valence-electron chi connectivity index (χ4n) is 3.82. The lowest BCUT2D eigenvalue weighted by atomic mass is 9.80. The minimum atomic E-state index is -0.938. The molecule has 5 nitrogen and oxygen atoms in total. The van der Waals surface area contributed by atoms with E-state index in [1.807, 2.05) is 41.1 Å². The van der Waals surface area contributed by atoms with Gasteiger partial charge in [-0.1, -0.05) is 30.3 Å². The van der Waals surface area contributed by atoms with Crippen molar-refractivity contribution in [3.05, 3.63) is 87.6 Å². The Morgan fingerprint density at radius 2 is 2.00 bits per heavy atom. The Morgan fingerprint density at radius 1 is 1.18 bits per heavy atom. The first kappa shape index (κ1) is 18.3. The molecule has 1 aliphatic heterocycles. The van der Waals surface area contributed by atoms with Crippen molar-refractivity contribution in [3.8, 4) is 5.75 Å². The Balaban J connectivity index is 1.84. The van der Waals surface area contributed by atoms with Crippen LogP contribution in [0.4, 0.5) is 0 Å². The van der Waals surface area contributed by atoms with Crippen molar-refractivity contribution < 1.29 is 19.4 Å². The Morgan fingerprint density at radius 3 is 2.71 bits per heavy atom. The van der Waals surface area contributed by atoms with Gasteiger partial charge >= 0.3 is 5.97 Å². The van der Waals surface area contributed by atoms with Crippen molar-refractivity contribution in [1.82, 2.24) is 4.90 Å². The highest BCUT2D eigenvalue weighted by molar-refractivity contribution is 7.08. The monoisotopic (exact) mass is 393 g/mol. The van der Waals surface area contributed by atoms with E-state index < -0.39 is 17.9 Å². The average Bonchev–Trinajstić information content (AvgIpc) is 3.24. The molecule has 4 rings (SSSR count). The summed E-state index contributed by atoms with van der Waals surface area (Å²) in [7, 11) is 1.59. The van der Waals surface area contributed by atoms with Crippen molar-refractivity contribution in [2.45, 2.75) is 18.5 Å². The van der Waals surface area contributed by atoms with Crippen LogP contribution in [0.3, 0.4) is 0 Å². The molecule has 0 radical (unpaired) electrons. The van der Waals surface area contributed by atoms with Crippen LogP contribution >= 0.6 is 11.3 Å². The highest BCUT2D eigenvalue weighted by Gasteiger charge is 2.44. The first-order valence-electron chi connectivity index (χ1n) is 8.88.